The summed E-state index contributed by atoms with van der Waals surface area (Å²) in [6, 6.07) is 5.95. The number of carbonyl (C=O) groups is 1. The smallest absolute Gasteiger partial charge is 0.227 e. The van der Waals surface area contributed by atoms with Crippen LogP contribution < -0.4 is 5.32 Å². The second-order valence-corrected chi connectivity index (χ2v) is 8.74. The highest BCUT2D eigenvalue weighted by atomic mass is 32.2. The fraction of sp³-hybridized carbons (Fsp3) is 0.421. The van der Waals surface area contributed by atoms with Crippen molar-refractivity contribution in [3.8, 4) is 0 Å². The first kappa shape index (κ1) is 17.3. The van der Waals surface area contributed by atoms with Gasteiger partial charge in [-0.15, -0.1) is 5.10 Å². The Morgan fingerprint density at radius 3 is 2.92 bits per heavy atom. The van der Waals surface area contributed by atoms with Crippen molar-refractivity contribution >= 4 is 23.5 Å². The summed E-state index contributed by atoms with van der Waals surface area (Å²) in [4.78, 5) is 17.6. The molecule has 26 heavy (non-hydrogen) atoms. The van der Waals surface area contributed by atoms with Gasteiger partial charge in [-0.05, 0) is 35.3 Å². The Morgan fingerprint density at radius 1 is 1.38 bits per heavy atom. The van der Waals surface area contributed by atoms with Crippen LogP contribution in [0.2, 0.25) is 0 Å². The van der Waals surface area contributed by atoms with Crippen molar-refractivity contribution in [1.82, 2.24) is 14.8 Å². The molecule has 2 aliphatic rings. The van der Waals surface area contributed by atoms with Crippen molar-refractivity contribution in [2.75, 3.05) is 11.1 Å². The van der Waals surface area contributed by atoms with Gasteiger partial charge in [-0.2, -0.15) is 4.98 Å². The van der Waals surface area contributed by atoms with Gasteiger partial charge < -0.3 is 5.32 Å². The van der Waals surface area contributed by atoms with Crippen LogP contribution in [0.25, 0.3) is 0 Å². The van der Waals surface area contributed by atoms with E-state index < -0.39 is 6.04 Å². The number of benzene rings is 1. The van der Waals surface area contributed by atoms with E-state index in [1.807, 2.05) is 13.0 Å². The lowest BCUT2D eigenvalue weighted by Gasteiger charge is -2.38. The molecule has 2 aromatic rings. The lowest BCUT2D eigenvalue weighted by atomic mass is 9.73. The molecule has 1 aromatic carbocycles. The minimum atomic E-state index is -0.445. The zero-order valence-electron chi connectivity index (χ0n) is 15.0. The summed E-state index contributed by atoms with van der Waals surface area (Å²) in [7, 11) is 0. The van der Waals surface area contributed by atoms with Gasteiger partial charge in [0.15, 0.2) is 5.78 Å². The average molecular weight is 372 g/mol. The number of hydrogen-bond donors (Lipinski definition) is 1. The van der Waals surface area contributed by atoms with Crippen molar-refractivity contribution in [3.05, 3.63) is 46.9 Å². The summed E-state index contributed by atoms with van der Waals surface area (Å²) in [5.74, 6) is 1.23. The van der Waals surface area contributed by atoms with Crippen molar-refractivity contribution < 1.29 is 9.18 Å². The number of thioether (sulfide) groups is 1. The molecule has 1 aromatic heterocycles. The van der Waals surface area contributed by atoms with Crippen LogP contribution in [0, 0.1) is 11.2 Å². The molecule has 0 unspecified atom stereocenters. The number of hydrogen-bond acceptors (Lipinski definition) is 5. The topological polar surface area (TPSA) is 59.8 Å². The Morgan fingerprint density at radius 2 is 2.19 bits per heavy atom. The molecular weight excluding hydrogens is 351 g/mol. The Kier molecular flexibility index (Phi) is 4.14. The molecule has 0 radical (unpaired) electrons. The zero-order valence-corrected chi connectivity index (χ0v) is 15.9. The SMILES string of the molecule is CCSc1nc2n(n1)[C@@H](c1cccc(F)c1)C1=C(CC(C)(C)CC1=O)N2. The maximum Gasteiger partial charge on any atom is 0.227 e. The van der Waals surface area contributed by atoms with Gasteiger partial charge in [0.05, 0.1) is 0 Å². The molecule has 5 nitrogen and oxygen atoms in total. The summed E-state index contributed by atoms with van der Waals surface area (Å²) in [5.41, 5.74) is 2.17. The molecule has 1 N–H and O–H groups in total. The largest absolute Gasteiger partial charge is 0.328 e. The number of aromatic nitrogens is 3. The quantitative estimate of drug-likeness (QED) is 0.819. The van der Waals surface area contributed by atoms with E-state index in [-0.39, 0.29) is 17.0 Å². The van der Waals surface area contributed by atoms with Crippen molar-refractivity contribution in [2.45, 2.75) is 44.8 Å². The van der Waals surface area contributed by atoms with Gasteiger partial charge >= 0.3 is 0 Å². The first-order chi connectivity index (χ1) is 12.4. The molecule has 7 heteroatoms. The summed E-state index contributed by atoms with van der Waals surface area (Å²) in [5, 5.41) is 8.56. The number of anilines is 1. The van der Waals surface area contributed by atoms with Crippen molar-refractivity contribution in [2.24, 2.45) is 5.41 Å². The first-order valence-corrected chi connectivity index (χ1v) is 9.74. The monoisotopic (exact) mass is 372 g/mol. The van der Waals surface area contributed by atoms with E-state index in [1.165, 1.54) is 12.1 Å². The minimum absolute atomic E-state index is 0.0869. The molecule has 0 amide bonds. The summed E-state index contributed by atoms with van der Waals surface area (Å²) >= 11 is 1.54. The predicted molar refractivity (Wildman–Crippen MR) is 99.6 cm³/mol. The fourth-order valence-corrected chi connectivity index (χ4v) is 4.32. The number of halogens is 1. The highest BCUT2D eigenvalue weighted by molar-refractivity contribution is 7.99. The van der Waals surface area contributed by atoms with E-state index in [0.29, 0.717) is 28.7 Å². The zero-order chi connectivity index (χ0) is 18.5. The van der Waals surface area contributed by atoms with Gasteiger partial charge in [0.2, 0.25) is 11.1 Å². The predicted octanol–water partition coefficient (Wildman–Crippen LogP) is 4.19. The van der Waals surface area contributed by atoms with Crippen LogP contribution in [0.3, 0.4) is 0 Å². The lowest BCUT2D eigenvalue weighted by Crippen LogP contribution is -2.36. The number of allylic oxidation sites excluding steroid dienone is 2. The molecular formula is C19H21FN4OS. The number of carbonyl (C=O) groups excluding carboxylic acids is 1. The van der Waals surface area contributed by atoms with Gasteiger partial charge in [-0.25, -0.2) is 9.07 Å². The normalized spacial score (nSPS) is 21.2. The molecule has 1 atom stereocenters. The van der Waals surface area contributed by atoms with E-state index in [2.05, 4.69) is 29.2 Å². The number of fused-ring (bicyclic) bond motifs is 1. The summed E-state index contributed by atoms with van der Waals surface area (Å²) < 4.78 is 15.6. The summed E-state index contributed by atoms with van der Waals surface area (Å²) in [6.07, 6.45) is 1.23. The third-order valence-electron chi connectivity index (χ3n) is 4.75. The number of rotatable bonds is 3. The maximum absolute atomic E-state index is 13.9. The third kappa shape index (κ3) is 2.94. The second kappa shape index (κ2) is 6.23. The van der Waals surface area contributed by atoms with E-state index in [4.69, 9.17) is 0 Å². The van der Waals surface area contributed by atoms with E-state index in [0.717, 1.165) is 17.9 Å². The molecule has 1 aliphatic carbocycles. The fourth-order valence-electron chi connectivity index (χ4n) is 3.76. The highest BCUT2D eigenvalue weighted by Crippen LogP contribution is 2.45. The number of nitrogens with one attached hydrogen (secondary N) is 1. The van der Waals surface area contributed by atoms with Crippen LogP contribution >= 0.6 is 11.8 Å². The van der Waals surface area contributed by atoms with Crippen LogP contribution in [0.1, 0.15) is 45.2 Å². The van der Waals surface area contributed by atoms with Crippen LogP contribution in [-0.4, -0.2) is 26.3 Å². The number of Topliss-reactive ketones (excluding diaryl/α,β-unsaturated/α-hetero) is 1. The van der Waals surface area contributed by atoms with Crippen molar-refractivity contribution in [1.29, 1.82) is 0 Å². The van der Waals surface area contributed by atoms with E-state index >= 15 is 0 Å². The van der Waals surface area contributed by atoms with Gasteiger partial charge in [0.25, 0.3) is 0 Å². The minimum Gasteiger partial charge on any atom is -0.328 e. The van der Waals surface area contributed by atoms with Crippen LogP contribution in [-0.2, 0) is 4.79 Å². The lowest BCUT2D eigenvalue weighted by molar-refractivity contribution is -0.118. The van der Waals surface area contributed by atoms with Crippen LogP contribution in [0.4, 0.5) is 10.3 Å². The standard InChI is InChI=1S/C19H21FN4OS/c1-4-26-18-22-17-21-13-9-19(2,3)10-14(25)15(13)16(24(17)23-18)11-6-5-7-12(20)8-11/h5-8,16H,4,9-10H2,1-3H3,(H,21,22,23)/t16-/m0/s1. The molecule has 0 fully saturated rings. The average Bonchev–Trinajstić information content (AvgIpc) is 2.94. The van der Waals surface area contributed by atoms with Crippen LogP contribution in [0.5, 0.6) is 0 Å². The second-order valence-electron chi connectivity index (χ2n) is 7.51. The van der Waals surface area contributed by atoms with E-state index in [9.17, 15) is 9.18 Å². The molecule has 136 valence electrons. The Balaban J connectivity index is 1.89. The molecule has 4 rings (SSSR count). The number of nitrogens with zero attached hydrogens (tertiary/aromatic N) is 3. The Hall–Kier alpha value is -2.15. The van der Waals surface area contributed by atoms with Gasteiger partial charge in [0, 0.05) is 17.7 Å². The maximum atomic E-state index is 13.9. The molecule has 0 bridgehead atoms. The third-order valence-corrected chi connectivity index (χ3v) is 5.47. The van der Waals surface area contributed by atoms with Gasteiger partial charge in [-0.3, -0.25) is 4.79 Å². The molecule has 0 spiro atoms. The molecule has 2 heterocycles. The molecule has 1 aliphatic heterocycles. The van der Waals surface area contributed by atoms with Crippen molar-refractivity contribution in [3.63, 3.8) is 0 Å². The first-order valence-electron chi connectivity index (χ1n) is 8.76. The Labute approximate surface area is 156 Å². The highest BCUT2D eigenvalue weighted by Gasteiger charge is 2.41. The van der Waals surface area contributed by atoms with Crippen LogP contribution in [0.15, 0.2) is 40.7 Å². The van der Waals surface area contributed by atoms with Gasteiger partial charge in [-0.1, -0.05) is 44.7 Å². The number of ketones is 1. The molecule has 0 saturated heterocycles. The van der Waals surface area contributed by atoms with E-state index in [1.54, 1.807) is 22.5 Å². The van der Waals surface area contributed by atoms with Gasteiger partial charge in [0.1, 0.15) is 11.9 Å². The Bertz CT molecular complexity index is 918. The summed E-state index contributed by atoms with van der Waals surface area (Å²) in [6.45, 7) is 6.22. The molecule has 0 saturated carbocycles.